The van der Waals surface area contributed by atoms with Crippen LogP contribution in [0.3, 0.4) is 0 Å². The van der Waals surface area contributed by atoms with Crippen molar-refractivity contribution in [3.63, 3.8) is 0 Å². The number of allylic oxidation sites excluding steroid dienone is 7. The van der Waals surface area contributed by atoms with Crippen LogP contribution in [0.15, 0.2) is 41.5 Å². The molecule has 0 heterocycles. The topological polar surface area (TPSA) is 0 Å². The maximum absolute atomic E-state index is 3.62. The molecule has 0 fully saturated rings. The molecular formula is C22H33Cl2STi. The average molecular weight is 448 g/mol. The van der Waals surface area contributed by atoms with Gasteiger partial charge in [0.15, 0.2) is 0 Å². The zero-order valence-electron chi connectivity index (χ0n) is 17.5. The third-order valence-corrected chi connectivity index (χ3v) is 6.76. The van der Waals surface area contributed by atoms with Crippen LogP contribution in [-0.4, -0.2) is 9.49 Å². The van der Waals surface area contributed by atoms with Crippen LogP contribution in [0.1, 0.15) is 68.2 Å². The van der Waals surface area contributed by atoms with Crippen molar-refractivity contribution < 1.29 is 46.5 Å². The van der Waals surface area contributed by atoms with E-state index >= 15 is 0 Å². The van der Waals surface area contributed by atoms with E-state index in [1.54, 1.807) is 5.57 Å². The second-order valence-corrected chi connectivity index (χ2v) is 11.5. The van der Waals surface area contributed by atoms with Gasteiger partial charge in [-0.3, -0.25) is 6.08 Å². The Morgan fingerprint density at radius 3 is 1.96 bits per heavy atom. The molecule has 1 radical (unpaired) electrons. The van der Waals surface area contributed by atoms with Gasteiger partial charge in [0, 0.05) is 9.49 Å². The largest absolute Gasteiger partial charge is 3.00 e. The maximum Gasteiger partial charge on any atom is 3.00 e. The van der Waals surface area contributed by atoms with Gasteiger partial charge < -0.3 is 24.8 Å². The Kier molecular flexibility index (Phi) is 11.0. The van der Waals surface area contributed by atoms with E-state index in [0.29, 0.717) is 0 Å². The van der Waals surface area contributed by atoms with Crippen LogP contribution >= 0.6 is 11.8 Å². The van der Waals surface area contributed by atoms with Gasteiger partial charge in [-0.1, -0.05) is 73.6 Å². The number of thioether (sulfide) groups is 1. The number of hydrogen-bond acceptors (Lipinski definition) is 1. The minimum absolute atomic E-state index is 0. The van der Waals surface area contributed by atoms with Gasteiger partial charge in [0.2, 0.25) is 0 Å². The average Bonchev–Trinajstić information content (AvgIpc) is 2.90. The maximum atomic E-state index is 3.62. The summed E-state index contributed by atoms with van der Waals surface area (Å²) >= 11 is 2.14. The molecule has 0 spiro atoms. The normalized spacial score (nSPS) is 22.6. The van der Waals surface area contributed by atoms with Crippen LogP contribution < -0.4 is 24.8 Å². The van der Waals surface area contributed by atoms with Crippen LogP contribution in [0.4, 0.5) is 0 Å². The van der Waals surface area contributed by atoms with E-state index in [-0.39, 0.29) is 66.9 Å². The molecule has 0 amide bonds. The number of hydrogen-bond donors (Lipinski definition) is 0. The van der Waals surface area contributed by atoms with E-state index in [0.717, 1.165) is 12.8 Å². The van der Waals surface area contributed by atoms with Crippen molar-refractivity contribution in [1.29, 1.82) is 0 Å². The summed E-state index contributed by atoms with van der Waals surface area (Å²) in [6.07, 6.45) is 17.2. The van der Waals surface area contributed by atoms with Crippen molar-refractivity contribution in [2.75, 3.05) is 0 Å². The van der Waals surface area contributed by atoms with Crippen LogP contribution in [-0.2, 0) is 21.7 Å². The predicted octanol–water partition coefficient (Wildman–Crippen LogP) is 0.910. The molecule has 1 unspecified atom stereocenters. The molecule has 0 bridgehead atoms. The fourth-order valence-electron chi connectivity index (χ4n) is 3.89. The van der Waals surface area contributed by atoms with Crippen molar-refractivity contribution in [1.82, 2.24) is 0 Å². The molecule has 0 saturated carbocycles. The summed E-state index contributed by atoms with van der Waals surface area (Å²) in [6, 6.07) is 0. The molecule has 0 aromatic heterocycles. The van der Waals surface area contributed by atoms with Crippen LogP contribution in [0.25, 0.3) is 0 Å². The first-order chi connectivity index (χ1) is 10.4. The van der Waals surface area contributed by atoms with Crippen LogP contribution in [0, 0.1) is 16.9 Å². The van der Waals surface area contributed by atoms with Gasteiger partial charge in [-0.05, 0) is 22.8 Å². The predicted molar refractivity (Wildman–Crippen MR) is 106 cm³/mol. The van der Waals surface area contributed by atoms with Crippen molar-refractivity contribution in [3.05, 3.63) is 47.6 Å². The molecule has 0 nitrogen and oxygen atoms in total. The van der Waals surface area contributed by atoms with Gasteiger partial charge in [0.25, 0.3) is 0 Å². The molecule has 2 aliphatic rings. The minimum Gasteiger partial charge on any atom is -1.00 e. The third-order valence-electron chi connectivity index (χ3n) is 4.91. The zero-order chi connectivity index (χ0) is 17.5. The van der Waals surface area contributed by atoms with Crippen molar-refractivity contribution in [2.45, 2.75) is 77.7 Å². The second-order valence-electron chi connectivity index (χ2n) is 9.33. The molecule has 0 aromatic rings. The zero-order valence-corrected chi connectivity index (χ0v) is 21.4. The van der Waals surface area contributed by atoms with Gasteiger partial charge >= 0.3 is 21.7 Å². The first kappa shape index (κ1) is 28.8. The Morgan fingerprint density at radius 1 is 0.962 bits per heavy atom. The fraction of sp³-hybridized carbons (Fsp3) is 0.636. The van der Waals surface area contributed by atoms with E-state index in [1.165, 1.54) is 5.57 Å². The Balaban J connectivity index is 0. The smallest absolute Gasteiger partial charge is 1.00 e. The first-order valence-electron chi connectivity index (χ1n) is 8.76. The Bertz CT molecular complexity index is 586. The van der Waals surface area contributed by atoms with Crippen LogP contribution in [0.2, 0.25) is 0 Å². The van der Waals surface area contributed by atoms with E-state index in [4.69, 9.17) is 0 Å². The quantitative estimate of drug-likeness (QED) is 0.457. The molecule has 0 aromatic carbocycles. The third kappa shape index (κ3) is 5.80. The van der Waals surface area contributed by atoms with E-state index < -0.39 is 0 Å². The monoisotopic (exact) mass is 447 g/mol. The molecule has 2 aliphatic carbocycles. The Labute approximate surface area is 193 Å². The standard InChI is InChI=1S/C22H33S.2ClH.Ti/c1-19(2,3)18-15-11-12-16-22(18,23-20(4,5)6)21(7,8)17-13-9-10-14-17;;;/h9,11-13,15H,10,16H2,1-8H3;2*1H;/q-1;;;+3/p-2. The Hall–Kier alpha value is 0.604. The summed E-state index contributed by atoms with van der Waals surface area (Å²) in [5, 5.41) is 0. The van der Waals surface area contributed by atoms with Gasteiger partial charge in [-0.25, -0.2) is 11.6 Å². The van der Waals surface area contributed by atoms with Gasteiger partial charge in [-0.15, -0.1) is 18.2 Å². The van der Waals surface area contributed by atoms with Crippen molar-refractivity contribution >= 4 is 11.8 Å². The molecule has 26 heavy (non-hydrogen) atoms. The van der Waals surface area contributed by atoms with Crippen molar-refractivity contribution in [2.24, 2.45) is 10.8 Å². The minimum atomic E-state index is 0. The second kappa shape index (κ2) is 9.88. The molecule has 4 heteroatoms. The van der Waals surface area contributed by atoms with Gasteiger partial charge in [-0.2, -0.15) is 6.08 Å². The van der Waals surface area contributed by atoms with Crippen LogP contribution in [0.5, 0.6) is 0 Å². The molecule has 2 rings (SSSR count). The van der Waals surface area contributed by atoms with E-state index in [2.05, 4.69) is 104 Å². The van der Waals surface area contributed by atoms with Gasteiger partial charge in [0.05, 0.1) is 0 Å². The molecule has 0 aliphatic heterocycles. The van der Waals surface area contributed by atoms with E-state index in [9.17, 15) is 0 Å². The van der Waals surface area contributed by atoms with Gasteiger partial charge in [0.1, 0.15) is 0 Å². The Morgan fingerprint density at radius 2 is 1.54 bits per heavy atom. The molecule has 1 atom stereocenters. The molecular weight excluding hydrogens is 415 g/mol. The summed E-state index contributed by atoms with van der Waals surface area (Å²) in [5.74, 6) is 0. The number of halogens is 2. The SMILES string of the molecule is CC(C)(C)SC1(C(C)(C)C2=[C-]CC=C2)CC=CC=C1C(C)(C)C.[Cl-].[Cl-].[Ti+3]. The summed E-state index contributed by atoms with van der Waals surface area (Å²) in [7, 11) is 0. The van der Waals surface area contributed by atoms with Crippen molar-refractivity contribution in [3.8, 4) is 0 Å². The summed E-state index contributed by atoms with van der Waals surface area (Å²) in [5.41, 5.74) is 3.14. The fourth-order valence-corrected chi connectivity index (χ4v) is 5.96. The molecule has 0 saturated heterocycles. The summed E-state index contributed by atoms with van der Waals surface area (Å²) in [4.78, 5) is 0. The van der Waals surface area contributed by atoms with E-state index in [1.807, 2.05) is 0 Å². The summed E-state index contributed by atoms with van der Waals surface area (Å²) < 4.78 is 0.269. The number of rotatable bonds is 3. The molecule has 145 valence electrons. The summed E-state index contributed by atoms with van der Waals surface area (Å²) in [6.45, 7) is 18.9. The molecule has 0 N–H and O–H groups in total. The first-order valence-corrected chi connectivity index (χ1v) is 9.58.